The number of benzene rings is 1. The Balaban J connectivity index is 2.80. The summed E-state index contributed by atoms with van der Waals surface area (Å²) < 4.78 is 0. The van der Waals surface area contributed by atoms with Gasteiger partial charge in [0.25, 0.3) is 0 Å². The highest BCUT2D eigenvalue weighted by molar-refractivity contribution is 9.09. The van der Waals surface area contributed by atoms with Crippen LogP contribution in [0.1, 0.15) is 37.1 Å². The number of nitrogens with one attached hydrogen (secondary N) is 1. The van der Waals surface area contributed by atoms with Gasteiger partial charge in [0, 0.05) is 16.9 Å². The van der Waals surface area contributed by atoms with Crippen LogP contribution in [0, 0.1) is 0 Å². The highest BCUT2D eigenvalue weighted by Crippen LogP contribution is 2.28. The van der Waals surface area contributed by atoms with E-state index in [9.17, 15) is 4.79 Å². The molecular weight excluding hydrogens is 254 g/mol. The molecule has 1 rings (SSSR count). The second-order valence-corrected chi connectivity index (χ2v) is 4.87. The summed E-state index contributed by atoms with van der Waals surface area (Å²) in [7, 11) is 0. The monoisotopic (exact) mass is 269 g/mol. The molecule has 2 nitrogen and oxygen atoms in total. The molecule has 0 fully saturated rings. The average Bonchev–Trinajstić information content (AvgIpc) is 2.18. The van der Waals surface area contributed by atoms with Crippen LogP contribution < -0.4 is 5.32 Å². The predicted octanol–water partition coefficient (Wildman–Crippen LogP) is 3.88. The molecule has 1 aromatic rings. The summed E-state index contributed by atoms with van der Waals surface area (Å²) in [5.41, 5.74) is 2.02. The van der Waals surface area contributed by atoms with E-state index in [1.165, 1.54) is 0 Å². The number of anilines is 1. The zero-order valence-corrected chi connectivity index (χ0v) is 10.7. The van der Waals surface area contributed by atoms with E-state index < -0.39 is 0 Å². The summed E-state index contributed by atoms with van der Waals surface area (Å²) in [5.74, 6) is 0.0816. The summed E-state index contributed by atoms with van der Waals surface area (Å²) in [6.45, 7) is 4.05. The zero-order chi connectivity index (χ0) is 11.3. The first-order valence-corrected chi connectivity index (χ1v) is 6.09. The van der Waals surface area contributed by atoms with E-state index in [1.54, 1.807) is 0 Å². The SMILES string of the molecule is CCCC(=O)Nc1ccccc1C(C)Br. The van der Waals surface area contributed by atoms with Gasteiger partial charge in [0.1, 0.15) is 0 Å². The summed E-state index contributed by atoms with van der Waals surface area (Å²) in [5, 5.41) is 2.92. The van der Waals surface area contributed by atoms with E-state index in [-0.39, 0.29) is 10.7 Å². The molecule has 0 radical (unpaired) electrons. The van der Waals surface area contributed by atoms with Crippen molar-refractivity contribution in [1.29, 1.82) is 0 Å². The van der Waals surface area contributed by atoms with Gasteiger partial charge in [-0.1, -0.05) is 41.1 Å². The van der Waals surface area contributed by atoms with E-state index >= 15 is 0 Å². The number of para-hydroxylation sites is 1. The van der Waals surface area contributed by atoms with E-state index in [0.29, 0.717) is 6.42 Å². The number of rotatable bonds is 4. The quantitative estimate of drug-likeness (QED) is 0.826. The van der Waals surface area contributed by atoms with Crippen molar-refractivity contribution < 1.29 is 4.79 Å². The fourth-order valence-electron chi connectivity index (χ4n) is 1.40. The maximum absolute atomic E-state index is 11.5. The lowest BCUT2D eigenvalue weighted by Crippen LogP contribution is -2.12. The molecule has 3 heteroatoms. The van der Waals surface area contributed by atoms with Crippen molar-refractivity contribution in [3.05, 3.63) is 29.8 Å². The van der Waals surface area contributed by atoms with Gasteiger partial charge in [0.15, 0.2) is 0 Å². The fraction of sp³-hybridized carbons (Fsp3) is 0.417. The maximum Gasteiger partial charge on any atom is 0.224 e. The highest BCUT2D eigenvalue weighted by Gasteiger charge is 2.08. The lowest BCUT2D eigenvalue weighted by Gasteiger charge is -2.12. The van der Waals surface area contributed by atoms with Crippen molar-refractivity contribution in [2.24, 2.45) is 0 Å². The summed E-state index contributed by atoms with van der Waals surface area (Å²) in [6.07, 6.45) is 1.45. The number of alkyl halides is 1. The molecule has 15 heavy (non-hydrogen) atoms. The molecule has 0 aromatic heterocycles. The maximum atomic E-state index is 11.5. The molecule has 0 spiro atoms. The molecule has 0 saturated heterocycles. The molecule has 1 aromatic carbocycles. The molecule has 82 valence electrons. The molecule has 0 bridgehead atoms. The Hall–Kier alpha value is -0.830. The van der Waals surface area contributed by atoms with Crippen LogP contribution in [0.5, 0.6) is 0 Å². The third kappa shape index (κ3) is 3.67. The van der Waals surface area contributed by atoms with Crippen molar-refractivity contribution in [3.63, 3.8) is 0 Å². The van der Waals surface area contributed by atoms with E-state index in [2.05, 4.69) is 21.2 Å². The number of carbonyl (C=O) groups is 1. The lowest BCUT2D eigenvalue weighted by molar-refractivity contribution is -0.116. The molecule has 0 saturated carbocycles. The minimum absolute atomic E-state index is 0.0816. The van der Waals surface area contributed by atoms with Crippen molar-refractivity contribution in [2.45, 2.75) is 31.5 Å². The number of halogens is 1. The number of amides is 1. The number of hydrogen-bond donors (Lipinski definition) is 1. The minimum Gasteiger partial charge on any atom is -0.326 e. The first-order valence-electron chi connectivity index (χ1n) is 5.18. The van der Waals surface area contributed by atoms with Crippen molar-refractivity contribution in [2.75, 3.05) is 5.32 Å². The fourth-order valence-corrected chi connectivity index (χ4v) is 1.80. The summed E-state index contributed by atoms with van der Waals surface area (Å²) >= 11 is 3.51. The molecule has 0 aliphatic carbocycles. The van der Waals surface area contributed by atoms with Crippen molar-refractivity contribution in [3.8, 4) is 0 Å². The van der Waals surface area contributed by atoms with Crippen LogP contribution >= 0.6 is 15.9 Å². The van der Waals surface area contributed by atoms with Crippen molar-refractivity contribution in [1.82, 2.24) is 0 Å². The molecule has 0 aliphatic heterocycles. The van der Waals surface area contributed by atoms with Gasteiger partial charge in [-0.3, -0.25) is 4.79 Å². The Labute approximate surface area is 99.2 Å². The van der Waals surface area contributed by atoms with Crippen LogP contribution in [0.4, 0.5) is 5.69 Å². The Bertz CT molecular complexity index is 336. The molecule has 1 amide bonds. The largest absolute Gasteiger partial charge is 0.326 e. The lowest BCUT2D eigenvalue weighted by atomic mass is 10.1. The van der Waals surface area contributed by atoms with Gasteiger partial charge in [-0.2, -0.15) is 0 Å². The molecular formula is C12H16BrNO. The Morgan fingerprint density at radius 3 is 2.73 bits per heavy atom. The normalized spacial score (nSPS) is 12.2. The topological polar surface area (TPSA) is 29.1 Å². The molecule has 0 aliphatic rings. The zero-order valence-electron chi connectivity index (χ0n) is 9.09. The second-order valence-electron chi connectivity index (χ2n) is 3.50. The summed E-state index contributed by atoms with van der Waals surface area (Å²) in [6, 6.07) is 7.85. The number of hydrogen-bond acceptors (Lipinski definition) is 1. The third-order valence-corrected chi connectivity index (χ3v) is 2.63. The van der Waals surface area contributed by atoms with Crippen LogP contribution in [-0.4, -0.2) is 5.91 Å². The van der Waals surface area contributed by atoms with Crippen LogP contribution in [0.15, 0.2) is 24.3 Å². The third-order valence-electron chi connectivity index (χ3n) is 2.14. The van der Waals surface area contributed by atoms with Gasteiger partial charge >= 0.3 is 0 Å². The molecule has 0 heterocycles. The second kappa shape index (κ2) is 5.91. The summed E-state index contributed by atoms with van der Waals surface area (Å²) in [4.78, 5) is 11.7. The van der Waals surface area contributed by atoms with Gasteiger partial charge in [0.05, 0.1) is 0 Å². The van der Waals surface area contributed by atoms with Gasteiger partial charge in [-0.25, -0.2) is 0 Å². The first-order chi connectivity index (χ1) is 7.15. The van der Waals surface area contributed by atoms with E-state index in [0.717, 1.165) is 17.7 Å². The Kier molecular flexibility index (Phi) is 4.82. The van der Waals surface area contributed by atoms with Gasteiger partial charge in [-0.05, 0) is 25.0 Å². The number of carbonyl (C=O) groups excluding carboxylic acids is 1. The van der Waals surface area contributed by atoms with Crippen molar-refractivity contribution >= 4 is 27.5 Å². The molecule has 1 atom stereocenters. The molecule has 1 unspecified atom stereocenters. The van der Waals surface area contributed by atoms with Crippen LogP contribution in [-0.2, 0) is 4.79 Å². The standard InChI is InChI=1S/C12H16BrNO/c1-3-6-12(15)14-11-8-5-4-7-10(11)9(2)13/h4-5,7-9H,3,6H2,1-2H3,(H,14,15). The van der Waals surface area contributed by atoms with Gasteiger partial charge in [0.2, 0.25) is 5.91 Å². The molecule has 1 N–H and O–H groups in total. The van der Waals surface area contributed by atoms with Crippen LogP contribution in [0.2, 0.25) is 0 Å². The van der Waals surface area contributed by atoms with Crippen LogP contribution in [0.25, 0.3) is 0 Å². The van der Waals surface area contributed by atoms with E-state index in [4.69, 9.17) is 0 Å². The van der Waals surface area contributed by atoms with Gasteiger partial charge < -0.3 is 5.32 Å². The van der Waals surface area contributed by atoms with Crippen LogP contribution in [0.3, 0.4) is 0 Å². The predicted molar refractivity (Wildman–Crippen MR) is 67.3 cm³/mol. The first kappa shape index (κ1) is 12.2. The highest BCUT2D eigenvalue weighted by atomic mass is 79.9. The van der Waals surface area contributed by atoms with E-state index in [1.807, 2.05) is 38.1 Å². The smallest absolute Gasteiger partial charge is 0.224 e. The van der Waals surface area contributed by atoms with Gasteiger partial charge in [-0.15, -0.1) is 0 Å². The Morgan fingerprint density at radius 2 is 2.13 bits per heavy atom. The Morgan fingerprint density at radius 1 is 1.47 bits per heavy atom. The average molecular weight is 270 g/mol. The minimum atomic E-state index is 0.0816.